The summed E-state index contributed by atoms with van der Waals surface area (Å²) in [6.45, 7) is 0. The van der Waals surface area contributed by atoms with Gasteiger partial charge in [0.1, 0.15) is 0 Å². The van der Waals surface area contributed by atoms with Crippen LogP contribution in [0.2, 0.25) is 0 Å². The molecule has 140 valence electrons. The number of rotatable bonds is 2. The van der Waals surface area contributed by atoms with Crippen LogP contribution in [-0.4, -0.2) is 0 Å². The van der Waals surface area contributed by atoms with Crippen LogP contribution in [0.4, 0.5) is 0 Å². The molecule has 0 aromatic heterocycles. The van der Waals surface area contributed by atoms with E-state index in [4.69, 9.17) is 0 Å². The van der Waals surface area contributed by atoms with Gasteiger partial charge in [-0.2, -0.15) is 0 Å². The molecule has 30 heavy (non-hydrogen) atoms. The van der Waals surface area contributed by atoms with E-state index in [1.807, 2.05) is 0 Å². The van der Waals surface area contributed by atoms with Crippen LogP contribution >= 0.6 is 0 Å². The molecule has 0 amide bonds. The molecule has 0 atom stereocenters. The Morgan fingerprint density at radius 1 is 0.400 bits per heavy atom. The van der Waals surface area contributed by atoms with Gasteiger partial charge in [-0.3, -0.25) is 0 Å². The molecule has 0 radical (unpaired) electrons. The first kappa shape index (κ1) is 17.0. The van der Waals surface area contributed by atoms with Crippen molar-refractivity contribution in [2.45, 2.75) is 0 Å². The Hall–Kier alpha value is -3.90. The van der Waals surface area contributed by atoms with Crippen molar-refractivity contribution in [2.75, 3.05) is 0 Å². The predicted octanol–water partition coefficient (Wildman–Crippen LogP) is 7.83. The maximum Gasteiger partial charge on any atom is -0.00141 e. The summed E-state index contributed by atoms with van der Waals surface area (Å²) in [6, 6.07) is 43.7. The lowest BCUT2D eigenvalue weighted by atomic mass is 9.86. The van der Waals surface area contributed by atoms with E-state index in [9.17, 15) is 0 Å². The molecule has 0 spiro atoms. The summed E-state index contributed by atoms with van der Waals surface area (Å²) in [5.41, 5.74) is 10.4. The van der Waals surface area contributed by atoms with Gasteiger partial charge in [-0.25, -0.2) is 0 Å². The zero-order valence-electron chi connectivity index (χ0n) is 16.5. The third kappa shape index (κ3) is 2.54. The molecule has 0 nitrogen and oxygen atoms in total. The Bertz CT molecular complexity index is 1370. The van der Waals surface area contributed by atoms with Crippen molar-refractivity contribution in [3.05, 3.63) is 144 Å². The molecule has 0 heterocycles. The Labute approximate surface area is 176 Å². The zero-order chi connectivity index (χ0) is 19.9. The fourth-order valence-electron chi connectivity index (χ4n) is 4.77. The van der Waals surface area contributed by atoms with Crippen molar-refractivity contribution in [1.82, 2.24) is 0 Å². The third-order valence-electron chi connectivity index (χ3n) is 6.05. The number of hydrogen-bond acceptors (Lipinski definition) is 0. The molecule has 5 aromatic rings. The van der Waals surface area contributed by atoms with E-state index < -0.39 is 0 Å². The molecular weight excluding hydrogens is 360 g/mol. The molecule has 6 rings (SSSR count). The summed E-state index contributed by atoms with van der Waals surface area (Å²) < 4.78 is 0. The fourth-order valence-corrected chi connectivity index (χ4v) is 4.77. The van der Waals surface area contributed by atoms with Crippen LogP contribution in [0.25, 0.3) is 33.0 Å². The molecule has 1 aliphatic carbocycles. The van der Waals surface area contributed by atoms with Crippen molar-refractivity contribution in [1.29, 1.82) is 0 Å². The van der Waals surface area contributed by atoms with Crippen molar-refractivity contribution in [2.24, 2.45) is 0 Å². The lowest BCUT2D eigenvalue weighted by Crippen LogP contribution is -1.95. The Balaban J connectivity index is 1.80. The van der Waals surface area contributed by atoms with E-state index >= 15 is 0 Å². The quantitative estimate of drug-likeness (QED) is 0.287. The van der Waals surface area contributed by atoms with Gasteiger partial charge in [-0.05, 0) is 55.3 Å². The van der Waals surface area contributed by atoms with E-state index in [-0.39, 0.29) is 0 Å². The van der Waals surface area contributed by atoms with Gasteiger partial charge in [-0.15, -0.1) is 0 Å². The highest BCUT2D eigenvalue weighted by Crippen LogP contribution is 2.49. The maximum absolute atomic E-state index is 2.27. The standard InChI is InChI=1S/C30H20/c1-2-12-22(13-3-1)29(26-20-10-14-21-11-4-5-15-23(21)26)30-27-18-8-6-16-24(27)25-17-7-9-19-28(25)30/h1-20H. The van der Waals surface area contributed by atoms with Crippen LogP contribution in [0.3, 0.4) is 0 Å². The second kappa shape index (κ2) is 6.86. The van der Waals surface area contributed by atoms with Crippen molar-refractivity contribution in [3.8, 4) is 11.1 Å². The molecule has 0 saturated carbocycles. The predicted molar refractivity (Wildman–Crippen MR) is 127 cm³/mol. The SMILES string of the molecule is c1ccc(C(=C2c3ccccc3-c3ccccc32)c2cccc3ccccc23)cc1. The summed E-state index contributed by atoms with van der Waals surface area (Å²) in [4.78, 5) is 0. The average molecular weight is 380 g/mol. The van der Waals surface area contributed by atoms with Crippen molar-refractivity contribution in [3.63, 3.8) is 0 Å². The summed E-state index contributed by atoms with van der Waals surface area (Å²) >= 11 is 0. The smallest absolute Gasteiger partial charge is 0.00141 e. The molecule has 0 bridgehead atoms. The summed E-state index contributed by atoms with van der Waals surface area (Å²) in [6.07, 6.45) is 0. The molecule has 0 unspecified atom stereocenters. The topological polar surface area (TPSA) is 0 Å². The molecule has 0 heteroatoms. The summed E-state index contributed by atoms with van der Waals surface area (Å²) in [7, 11) is 0. The normalized spacial score (nSPS) is 11.9. The van der Waals surface area contributed by atoms with Gasteiger partial charge in [0.15, 0.2) is 0 Å². The minimum absolute atomic E-state index is 1.25. The lowest BCUT2D eigenvalue weighted by molar-refractivity contribution is 1.56. The van der Waals surface area contributed by atoms with Crippen LogP contribution in [0.1, 0.15) is 22.3 Å². The van der Waals surface area contributed by atoms with Crippen LogP contribution in [-0.2, 0) is 0 Å². The van der Waals surface area contributed by atoms with Crippen LogP contribution in [0, 0.1) is 0 Å². The second-order valence-electron chi connectivity index (χ2n) is 7.73. The molecule has 0 fully saturated rings. The first-order valence-electron chi connectivity index (χ1n) is 10.4. The van der Waals surface area contributed by atoms with Gasteiger partial charge in [0.05, 0.1) is 0 Å². The first-order chi connectivity index (χ1) is 14.9. The average Bonchev–Trinajstić information content (AvgIpc) is 3.15. The van der Waals surface area contributed by atoms with Crippen LogP contribution in [0.15, 0.2) is 121 Å². The van der Waals surface area contributed by atoms with Gasteiger partial charge in [0, 0.05) is 0 Å². The minimum atomic E-state index is 1.25. The van der Waals surface area contributed by atoms with Crippen LogP contribution in [0.5, 0.6) is 0 Å². The van der Waals surface area contributed by atoms with E-state index in [0.717, 1.165) is 0 Å². The highest BCUT2D eigenvalue weighted by molar-refractivity contribution is 6.16. The number of fused-ring (bicyclic) bond motifs is 4. The van der Waals surface area contributed by atoms with Crippen molar-refractivity contribution >= 4 is 21.9 Å². The Morgan fingerprint density at radius 2 is 0.933 bits per heavy atom. The van der Waals surface area contributed by atoms with E-state index in [1.54, 1.807) is 0 Å². The molecule has 0 aliphatic heterocycles. The summed E-state index contributed by atoms with van der Waals surface area (Å²) in [5.74, 6) is 0. The van der Waals surface area contributed by atoms with Gasteiger partial charge < -0.3 is 0 Å². The highest BCUT2D eigenvalue weighted by Gasteiger charge is 2.27. The highest BCUT2D eigenvalue weighted by atomic mass is 14.3. The largest absolute Gasteiger partial charge is 0.0622 e. The van der Waals surface area contributed by atoms with Gasteiger partial charge >= 0.3 is 0 Å². The maximum atomic E-state index is 2.27. The van der Waals surface area contributed by atoms with Gasteiger partial charge in [-0.1, -0.05) is 121 Å². The Morgan fingerprint density at radius 3 is 1.63 bits per heavy atom. The molecule has 0 N–H and O–H groups in total. The van der Waals surface area contributed by atoms with E-state index in [0.29, 0.717) is 0 Å². The third-order valence-corrected chi connectivity index (χ3v) is 6.05. The molecule has 0 saturated heterocycles. The molecule has 1 aliphatic rings. The van der Waals surface area contributed by atoms with Gasteiger partial charge in [0.25, 0.3) is 0 Å². The lowest BCUT2D eigenvalue weighted by Gasteiger charge is -2.17. The van der Waals surface area contributed by atoms with Gasteiger partial charge in [0.2, 0.25) is 0 Å². The first-order valence-corrected chi connectivity index (χ1v) is 10.4. The summed E-state index contributed by atoms with van der Waals surface area (Å²) in [5, 5.41) is 2.55. The van der Waals surface area contributed by atoms with Crippen LogP contribution < -0.4 is 0 Å². The molecule has 5 aromatic carbocycles. The Kier molecular flexibility index (Phi) is 3.89. The van der Waals surface area contributed by atoms with Crippen molar-refractivity contribution < 1.29 is 0 Å². The van der Waals surface area contributed by atoms with E-state index in [1.165, 1.54) is 55.3 Å². The molecular formula is C30H20. The van der Waals surface area contributed by atoms with E-state index in [2.05, 4.69) is 121 Å². The number of benzene rings is 5. The number of hydrogen-bond donors (Lipinski definition) is 0. The monoisotopic (exact) mass is 380 g/mol. The minimum Gasteiger partial charge on any atom is -0.0622 e. The zero-order valence-corrected chi connectivity index (χ0v) is 16.5. The second-order valence-corrected chi connectivity index (χ2v) is 7.73. The fraction of sp³-hybridized carbons (Fsp3) is 0.